The monoisotopic (exact) mass is 540 g/mol. The fourth-order valence-corrected chi connectivity index (χ4v) is 5.75. The van der Waals surface area contributed by atoms with E-state index >= 15 is 0 Å². The lowest BCUT2D eigenvalue weighted by molar-refractivity contribution is 0.0901. The Morgan fingerprint density at radius 2 is 1.38 bits per heavy atom. The van der Waals surface area contributed by atoms with Crippen LogP contribution < -0.4 is 16.0 Å². The third-order valence-corrected chi connectivity index (χ3v) is 7.90. The summed E-state index contributed by atoms with van der Waals surface area (Å²) in [5.41, 5.74) is 9.42. The lowest BCUT2D eigenvalue weighted by Gasteiger charge is -2.38. The molecule has 6 nitrogen and oxygen atoms in total. The quantitative estimate of drug-likeness (QED) is 0.231. The molecule has 1 aliphatic rings. The molecule has 0 aliphatic carbocycles. The molecule has 1 heterocycles. The van der Waals surface area contributed by atoms with Gasteiger partial charge in [-0.05, 0) is 42.5 Å². The number of hydrogen-bond acceptors (Lipinski definition) is 3. The Kier molecular flexibility index (Phi) is 11.2. The Labute approximate surface area is 239 Å². The number of anilines is 1. The molecule has 0 spiro atoms. The Bertz CT molecular complexity index is 1150. The zero-order chi connectivity index (χ0) is 28.2. The van der Waals surface area contributed by atoms with Gasteiger partial charge in [-0.3, -0.25) is 14.6 Å². The number of amides is 3. The van der Waals surface area contributed by atoms with Crippen molar-refractivity contribution in [1.82, 2.24) is 10.2 Å². The van der Waals surface area contributed by atoms with Crippen LogP contribution in [0.15, 0.2) is 84.9 Å². The summed E-state index contributed by atoms with van der Waals surface area (Å²) < 4.78 is 0. The van der Waals surface area contributed by atoms with Gasteiger partial charge in [0, 0.05) is 25.7 Å². The zero-order valence-corrected chi connectivity index (χ0v) is 23.8. The average Bonchev–Trinajstić information content (AvgIpc) is 2.99. The first-order valence-corrected chi connectivity index (χ1v) is 14.9. The van der Waals surface area contributed by atoms with Crippen LogP contribution in [-0.4, -0.2) is 42.5 Å². The number of hydrogen-bond donors (Lipinski definition) is 2. The highest BCUT2D eigenvalue weighted by Gasteiger charge is 2.29. The van der Waals surface area contributed by atoms with Crippen LogP contribution in [-0.2, 0) is 0 Å². The number of carbonyl (C=O) groups excluding carboxylic acids is 2. The van der Waals surface area contributed by atoms with E-state index in [1.807, 2.05) is 18.2 Å². The van der Waals surface area contributed by atoms with Gasteiger partial charge in [0.2, 0.25) is 0 Å². The Morgan fingerprint density at radius 3 is 1.98 bits per heavy atom. The SMILES string of the molecule is CCCCCCCCN(C(N)=O)c1ccccc1C(=O)NC1CCN(C(c2ccccc2)c2ccccc2)CC1. The van der Waals surface area contributed by atoms with E-state index in [1.54, 1.807) is 11.0 Å². The highest BCUT2D eigenvalue weighted by molar-refractivity contribution is 6.04. The topological polar surface area (TPSA) is 78.7 Å². The van der Waals surface area contributed by atoms with Gasteiger partial charge in [0.05, 0.1) is 17.3 Å². The van der Waals surface area contributed by atoms with Crippen molar-refractivity contribution in [2.24, 2.45) is 5.73 Å². The number of nitrogens with zero attached hydrogens (tertiary/aromatic N) is 2. The first-order valence-electron chi connectivity index (χ1n) is 14.9. The van der Waals surface area contributed by atoms with Crippen molar-refractivity contribution in [2.75, 3.05) is 24.5 Å². The van der Waals surface area contributed by atoms with E-state index in [1.165, 1.54) is 30.4 Å². The van der Waals surface area contributed by atoms with Crippen LogP contribution in [0.5, 0.6) is 0 Å². The molecule has 1 saturated heterocycles. The Hall–Kier alpha value is -3.64. The van der Waals surface area contributed by atoms with E-state index in [9.17, 15) is 9.59 Å². The maximum atomic E-state index is 13.5. The second kappa shape index (κ2) is 15.2. The normalized spacial score (nSPS) is 14.2. The molecule has 4 rings (SSSR count). The van der Waals surface area contributed by atoms with Gasteiger partial charge in [-0.25, -0.2) is 4.79 Å². The fourth-order valence-electron chi connectivity index (χ4n) is 5.75. The second-order valence-electron chi connectivity index (χ2n) is 10.8. The van der Waals surface area contributed by atoms with Crippen molar-refractivity contribution in [3.63, 3.8) is 0 Å². The average molecular weight is 541 g/mol. The van der Waals surface area contributed by atoms with Gasteiger partial charge in [-0.2, -0.15) is 0 Å². The molecule has 212 valence electrons. The smallest absolute Gasteiger partial charge is 0.319 e. The summed E-state index contributed by atoms with van der Waals surface area (Å²) in [7, 11) is 0. The van der Waals surface area contributed by atoms with E-state index in [-0.39, 0.29) is 18.0 Å². The molecule has 3 aromatic rings. The van der Waals surface area contributed by atoms with Gasteiger partial charge in [0.1, 0.15) is 0 Å². The number of piperidine rings is 1. The molecule has 3 aromatic carbocycles. The molecule has 0 unspecified atom stereocenters. The van der Waals surface area contributed by atoms with Crippen LogP contribution in [0.3, 0.4) is 0 Å². The van der Waals surface area contributed by atoms with E-state index in [0.717, 1.165) is 45.2 Å². The first-order chi connectivity index (χ1) is 19.6. The minimum Gasteiger partial charge on any atom is -0.351 e. The van der Waals surface area contributed by atoms with E-state index in [0.29, 0.717) is 17.8 Å². The number of unbranched alkanes of at least 4 members (excludes halogenated alkanes) is 5. The summed E-state index contributed by atoms with van der Waals surface area (Å²) in [6.07, 6.45) is 8.44. The number of para-hydroxylation sites is 1. The maximum Gasteiger partial charge on any atom is 0.319 e. The van der Waals surface area contributed by atoms with Crippen LogP contribution in [0.2, 0.25) is 0 Å². The van der Waals surface area contributed by atoms with Crippen molar-refractivity contribution in [3.8, 4) is 0 Å². The molecule has 0 bridgehead atoms. The van der Waals surface area contributed by atoms with E-state index in [2.05, 4.69) is 77.8 Å². The Balaban J connectivity index is 1.38. The number of urea groups is 1. The number of benzene rings is 3. The maximum absolute atomic E-state index is 13.5. The number of nitrogens with two attached hydrogens (primary N) is 1. The second-order valence-corrected chi connectivity index (χ2v) is 10.8. The summed E-state index contributed by atoms with van der Waals surface area (Å²) in [6.45, 7) is 4.48. The fraction of sp³-hybridized carbons (Fsp3) is 0.412. The van der Waals surface area contributed by atoms with E-state index < -0.39 is 6.03 Å². The summed E-state index contributed by atoms with van der Waals surface area (Å²) in [6, 6.07) is 28.3. The van der Waals surface area contributed by atoms with Gasteiger partial charge in [-0.15, -0.1) is 0 Å². The number of nitrogens with one attached hydrogen (secondary N) is 1. The predicted molar refractivity (Wildman–Crippen MR) is 164 cm³/mol. The lowest BCUT2D eigenvalue weighted by atomic mass is 9.94. The minimum atomic E-state index is -0.519. The van der Waals surface area contributed by atoms with Crippen molar-refractivity contribution >= 4 is 17.6 Å². The van der Waals surface area contributed by atoms with Crippen LogP contribution in [0, 0.1) is 0 Å². The molecule has 0 aromatic heterocycles. The summed E-state index contributed by atoms with van der Waals surface area (Å²) in [4.78, 5) is 29.9. The van der Waals surface area contributed by atoms with Crippen molar-refractivity contribution in [2.45, 2.75) is 70.4 Å². The van der Waals surface area contributed by atoms with Crippen LogP contribution in [0.4, 0.5) is 10.5 Å². The van der Waals surface area contributed by atoms with Gasteiger partial charge in [0.15, 0.2) is 0 Å². The zero-order valence-electron chi connectivity index (χ0n) is 23.8. The summed E-state index contributed by atoms with van der Waals surface area (Å²) in [5.74, 6) is -0.147. The summed E-state index contributed by atoms with van der Waals surface area (Å²) in [5, 5.41) is 3.25. The largest absolute Gasteiger partial charge is 0.351 e. The van der Waals surface area contributed by atoms with Crippen LogP contribution in [0.1, 0.15) is 85.8 Å². The number of likely N-dealkylation sites (tertiary alicyclic amines) is 1. The molecule has 3 N–H and O–H groups in total. The van der Waals surface area contributed by atoms with Crippen LogP contribution in [0.25, 0.3) is 0 Å². The molecule has 40 heavy (non-hydrogen) atoms. The lowest BCUT2D eigenvalue weighted by Crippen LogP contribution is -2.46. The van der Waals surface area contributed by atoms with Crippen molar-refractivity contribution < 1.29 is 9.59 Å². The summed E-state index contributed by atoms with van der Waals surface area (Å²) >= 11 is 0. The molecule has 6 heteroatoms. The first kappa shape index (κ1) is 29.3. The Morgan fingerprint density at radius 1 is 0.825 bits per heavy atom. The third-order valence-electron chi connectivity index (χ3n) is 7.90. The van der Waals surface area contributed by atoms with Gasteiger partial charge in [0.25, 0.3) is 5.91 Å². The molecule has 0 radical (unpaired) electrons. The predicted octanol–water partition coefficient (Wildman–Crippen LogP) is 6.92. The number of carbonyl (C=O) groups is 2. The molecule has 1 fully saturated rings. The minimum absolute atomic E-state index is 0.0737. The highest BCUT2D eigenvalue weighted by Crippen LogP contribution is 2.31. The third kappa shape index (κ3) is 7.95. The molecule has 1 aliphatic heterocycles. The number of rotatable bonds is 13. The van der Waals surface area contributed by atoms with Crippen molar-refractivity contribution in [3.05, 3.63) is 102 Å². The number of primary amides is 1. The molecule has 3 amide bonds. The van der Waals surface area contributed by atoms with Crippen molar-refractivity contribution in [1.29, 1.82) is 0 Å². The molecule has 0 saturated carbocycles. The standard InChI is InChI=1S/C34H44N4O2/c1-2-3-4-5-6-15-24-38(34(35)40)31-21-14-13-20-30(31)33(39)36-29-22-25-37(26-23-29)32(27-16-9-7-10-17-27)28-18-11-8-12-19-28/h7-14,16-21,29,32H,2-6,15,22-26H2,1H3,(H2,35,40)(H,36,39). The van der Waals surface area contributed by atoms with Crippen LogP contribution >= 0.6 is 0 Å². The highest BCUT2D eigenvalue weighted by atomic mass is 16.2. The molecule has 0 atom stereocenters. The molecular weight excluding hydrogens is 496 g/mol. The van der Waals surface area contributed by atoms with Gasteiger partial charge in [-0.1, -0.05) is 112 Å². The molecular formula is C34H44N4O2. The van der Waals surface area contributed by atoms with Gasteiger partial charge >= 0.3 is 6.03 Å². The van der Waals surface area contributed by atoms with Gasteiger partial charge < -0.3 is 11.1 Å². The van der Waals surface area contributed by atoms with E-state index in [4.69, 9.17) is 5.73 Å².